The number of benzene rings is 1. The summed E-state index contributed by atoms with van der Waals surface area (Å²) < 4.78 is 26.3. The number of nitriles is 1. The molecule has 6 heteroatoms. The second-order valence-corrected chi connectivity index (χ2v) is 6.13. The topological polar surface area (TPSA) is 73.2 Å². The normalized spacial score (nSPS) is 11.5. The molecule has 104 valence electrons. The summed E-state index contributed by atoms with van der Waals surface area (Å²) in [7, 11) is -1.47. The number of rotatable bonds is 7. The Bertz CT molecular complexity index is 549. The molecule has 1 N–H and O–H groups in total. The molecule has 1 aromatic carbocycles. The van der Waals surface area contributed by atoms with Gasteiger partial charge >= 0.3 is 0 Å². The quantitative estimate of drug-likeness (QED) is 0.807. The first-order valence-electron chi connectivity index (χ1n) is 6.12. The van der Waals surface area contributed by atoms with Crippen molar-refractivity contribution in [2.45, 2.75) is 12.7 Å². The second-order valence-electron chi connectivity index (χ2n) is 4.32. The smallest absolute Gasteiger partial charge is 0.215 e. The first-order chi connectivity index (χ1) is 8.98. The molecule has 0 aromatic heterocycles. The van der Waals surface area contributed by atoms with Gasteiger partial charge in [0.15, 0.2) is 0 Å². The van der Waals surface area contributed by atoms with Gasteiger partial charge in [-0.1, -0.05) is 25.1 Å². The average Bonchev–Trinajstić information content (AvgIpc) is 2.38. The molecule has 0 bridgehead atoms. The average molecular weight is 281 g/mol. The van der Waals surface area contributed by atoms with Crippen molar-refractivity contribution in [3.05, 3.63) is 35.4 Å². The second kappa shape index (κ2) is 7.24. The van der Waals surface area contributed by atoms with Gasteiger partial charge in [-0.25, -0.2) is 13.1 Å². The Morgan fingerprint density at radius 3 is 2.68 bits per heavy atom. The van der Waals surface area contributed by atoms with Gasteiger partial charge in [0.2, 0.25) is 10.0 Å². The molecule has 1 aromatic rings. The maximum Gasteiger partial charge on any atom is 0.215 e. The summed E-state index contributed by atoms with van der Waals surface area (Å²) >= 11 is 0. The van der Waals surface area contributed by atoms with Crippen LogP contribution in [-0.2, 0) is 15.8 Å². The van der Waals surface area contributed by atoms with Crippen LogP contribution in [0.3, 0.4) is 0 Å². The molecule has 19 heavy (non-hydrogen) atoms. The summed E-state index contributed by atoms with van der Waals surface area (Å²) in [6.45, 7) is 3.92. The molecule has 0 amide bonds. The fraction of sp³-hybridized carbons (Fsp3) is 0.462. The highest BCUT2D eigenvalue weighted by atomic mass is 32.2. The minimum Gasteiger partial charge on any atom is -0.305 e. The monoisotopic (exact) mass is 281 g/mol. The largest absolute Gasteiger partial charge is 0.305 e. The van der Waals surface area contributed by atoms with Crippen LogP contribution in [0, 0.1) is 11.3 Å². The van der Waals surface area contributed by atoms with Crippen molar-refractivity contribution in [1.82, 2.24) is 9.62 Å². The van der Waals surface area contributed by atoms with Gasteiger partial charge in [0.1, 0.15) is 0 Å². The van der Waals surface area contributed by atoms with Gasteiger partial charge in [-0.3, -0.25) is 0 Å². The molecular weight excluding hydrogens is 262 g/mol. The molecule has 0 saturated carbocycles. The van der Waals surface area contributed by atoms with Crippen molar-refractivity contribution in [3.8, 4) is 6.07 Å². The van der Waals surface area contributed by atoms with Crippen LogP contribution >= 0.6 is 0 Å². The van der Waals surface area contributed by atoms with E-state index >= 15 is 0 Å². The summed E-state index contributed by atoms with van der Waals surface area (Å²) in [4.78, 5) is 2.02. The van der Waals surface area contributed by atoms with Gasteiger partial charge in [-0.2, -0.15) is 5.26 Å². The van der Waals surface area contributed by atoms with E-state index in [0.29, 0.717) is 24.2 Å². The Balaban J connectivity index is 2.62. The molecule has 0 unspecified atom stereocenters. The Kier molecular flexibility index (Phi) is 5.96. The zero-order chi connectivity index (χ0) is 14.3. The highest BCUT2D eigenvalue weighted by molar-refractivity contribution is 7.88. The number of nitrogens with zero attached hydrogens (tertiary/aromatic N) is 2. The van der Waals surface area contributed by atoms with Crippen LogP contribution in [-0.4, -0.2) is 40.0 Å². The lowest BCUT2D eigenvalue weighted by Gasteiger charge is -2.14. The molecule has 0 aliphatic rings. The summed E-state index contributed by atoms with van der Waals surface area (Å²) in [5.74, 6) is -0.160. The molecule has 5 nitrogen and oxygen atoms in total. The van der Waals surface area contributed by atoms with Crippen LogP contribution in [0.25, 0.3) is 0 Å². The predicted octanol–water partition coefficient (Wildman–Crippen LogP) is 0.929. The molecule has 0 fully saturated rings. The Labute approximate surface area is 114 Å². The van der Waals surface area contributed by atoms with Crippen LogP contribution in [0.1, 0.15) is 18.1 Å². The van der Waals surface area contributed by atoms with E-state index in [0.717, 1.165) is 6.54 Å². The summed E-state index contributed by atoms with van der Waals surface area (Å²) in [6, 6.07) is 8.74. The van der Waals surface area contributed by atoms with Crippen molar-refractivity contribution < 1.29 is 8.42 Å². The van der Waals surface area contributed by atoms with Gasteiger partial charge in [0.25, 0.3) is 0 Å². The molecule has 0 atom stereocenters. The van der Waals surface area contributed by atoms with Gasteiger partial charge < -0.3 is 4.90 Å². The third kappa shape index (κ3) is 5.39. The third-order valence-electron chi connectivity index (χ3n) is 2.84. The maximum absolute atomic E-state index is 11.9. The van der Waals surface area contributed by atoms with E-state index < -0.39 is 10.0 Å². The van der Waals surface area contributed by atoms with Crippen LogP contribution in [0.2, 0.25) is 0 Å². The molecular formula is C13H19N3O2S. The molecule has 0 heterocycles. The fourth-order valence-corrected chi connectivity index (χ4v) is 2.73. The standard InChI is InChI=1S/C13H19N3O2S/c1-3-16(2)9-8-15-19(17,18)11-13-7-5-4-6-12(13)10-14/h4-7,15H,3,8-9,11H2,1-2H3. The Morgan fingerprint density at radius 2 is 2.05 bits per heavy atom. The first kappa shape index (κ1) is 15.6. The minimum atomic E-state index is -3.40. The Morgan fingerprint density at radius 1 is 1.37 bits per heavy atom. The number of sulfonamides is 1. The zero-order valence-electron chi connectivity index (χ0n) is 11.3. The molecule has 1 rings (SSSR count). The SMILES string of the molecule is CCN(C)CCNS(=O)(=O)Cc1ccccc1C#N. The van der Waals surface area contributed by atoms with E-state index in [-0.39, 0.29) is 5.75 Å². The van der Waals surface area contributed by atoms with Gasteiger partial charge in [0, 0.05) is 13.1 Å². The van der Waals surface area contributed by atoms with E-state index in [9.17, 15) is 8.42 Å². The van der Waals surface area contributed by atoms with Gasteiger partial charge in [-0.05, 0) is 25.2 Å². The van der Waals surface area contributed by atoms with Gasteiger partial charge in [-0.15, -0.1) is 0 Å². The third-order valence-corrected chi connectivity index (χ3v) is 4.17. The van der Waals surface area contributed by atoms with Crippen LogP contribution in [0.15, 0.2) is 24.3 Å². The summed E-state index contributed by atoms with van der Waals surface area (Å²) in [6.07, 6.45) is 0. The van der Waals surface area contributed by atoms with Crippen molar-refractivity contribution in [2.75, 3.05) is 26.7 Å². The van der Waals surface area contributed by atoms with Gasteiger partial charge in [0.05, 0.1) is 17.4 Å². The van der Waals surface area contributed by atoms with E-state index in [1.807, 2.05) is 24.9 Å². The Hall–Kier alpha value is -1.42. The van der Waals surface area contributed by atoms with Crippen LogP contribution in [0.5, 0.6) is 0 Å². The summed E-state index contributed by atoms with van der Waals surface area (Å²) in [5.41, 5.74) is 0.930. The van der Waals surface area contributed by atoms with E-state index in [2.05, 4.69) is 4.72 Å². The van der Waals surface area contributed by atoms with E-state index in [4.69, 9.17) is 5.26 Å². The zero-order valence-corrected chi connectivity index (χ0v) is 12.1. The first-order valence-corrected chi connectivity index (χ1v) is 7.77. The van der Waals surface area contributed by atoms with Crippen molar-refractivity contribution in [2.24, 2.45) is 0 Å². The van der Waals surface area contributed by atoms with E-state index in [1.54, 1.807) is 24.3 Å². The number of hydrogen-bond donors (Lipinski definition) is 1. The maximum atomic E-state index is 11.9. The molecule has 0 saturated heterocycles. The van der Waals surface area contributed by atoms with Crippen molar-refractivity contribution >= 4 is 10.0 Å². The number of likely N-dealkylation sites (N-methyl/N-ethyl adjacent to an activating group) is 1. The molecule has 0 spiro atoms. The lowest BCUT2D eigenvalue weighted by molar-refractivity contribution is 0.358. The van der Waals surface area contributed by atoms with E-state index in [1.165, 1.54) is 0 Å². The lowest BCUT2D eigenvalue weighted by atomic mass is 10.1. The highest BCUT2D eigenvalue weighted by Crippen LogP contribution is 2.10. The fourth-order valence-electron chi connectivity index (χ4n) is 1.56. The molecule has 0 aliphatic heterocycles. The van der Waals surface area contributed by atoms with Crippen molar-refractivity contribution in [3.63, 3.8) is 0 Å². The number of nitrogens with one attached hydrogen (secondary N) is 1. The summed E-state index contributed by atoms with van der Waals surface area (Å²) in [5, 5.41) is 8.92. The predicted molar refractivity (Wildman–Crippen MR) is 75.0 cm³/mol. The van der Waals surface area contributed by atoms with Crippen molar-refractivity contribution in [1.29, 1.82) is 5.26 Å². The number of hydrogen-bond acceptors (Lipinski definition) is 4. The lowest BCUT2D eigenvalue weighted by Crippen LogP contribution is -2.33. The molecule has 0 aliphatic carbocycles. The minimum absolute atomic E-state index is 0.160. The van der Waals surface area contributed by atoms with Crippen LogP contribution < -0.4 is 4.72 Å². The molecule has 0 radical (unpaired) electrons. The highest BCUT2D eigenvalue weighted by Gasteiger charge is 2.13. The van der Waals surface area contributed by atoms with Crippen LogP contribution in [0.4, 0.5) is 0 Å².